The first-order valence-corrected chi connectivity index (χ1v) is 7.94. The molecule has 1 aliphatic carbocycles. The van der Waals surface area contributed by atoms with Gasteiger partial charge in [0.15, 0.2) is 0 Å². The van der Waals surface area contributed by atoms with E-state index in [9.17, 15) is 0 Å². The number of benzene rings is 1. The van der Waals surface area contributed by atoms with E-state index in [2.05, 4.69) is 13.0 Å². The summed E-state index contributed by atoms with van der Waals surface area (Å²) in [5.74, 6) is 2.78. The quantitative estimate of drug-likeness (QED) is 0.687. The molecule has 1 saturated carbocycles. The normalized spacial score (nSPS) is 22.2. The van der Waals surface area contributed by atoms with Crippen LogP contribution in [0.2, 0.25) is 0 Å². The number of nitriles is 1. The summed E-state index contributed by atoms with van der Waals surface area (Å²) in [6.45, 7) is 3.11. The Morgan fingerprint density at radius 1 is 1.10 bits per heavy atom. The van der Waals surface area contributed by atoms with E-state index in [0.717, 1.165) is 30.6 Å². The van der Waals surface area contributed by atoms with Crippen LogP contribution in [0, 0.1) is 23.2 Å². The maximum Gasteiger partial charge on any atom is 0.119 e. The lowest BCUT2D eigenvalue weighted by Crippen LogP contribution is -2.14. The van der Waals surface area contributed by atoms with Crippen LogP contribution in [0.5, 0.6) is 5.75 Å². The van der Waals surface area contributed by atoms with Gasteiger partial charge in [-0.3, -0.25) is 0 Å². The average molecular weight is 271 g/mol. The molecule has 1 aromatic carbocycles. The first-order chi connectivity index (χ1) is 9.81. The molecule has 0 aliphatic heterocycles. The molecule has 0 atom stereocenters. The van der Waals surface area contributed by atoms with Crippen LogP contribution in [0.1, 0.15) is 57.4 Å². The van der Waals surface area contributed by atoms with Crippen molar-refractivity contribution in [2.45, 2.75) is 51.9 Å². The van der Waals surface area contributed by atoms with Gasteiger partial charge in [0.1, 0.15) is 5.75 Å². The second-order valence-electron chi connectivity index (χ2n) is 5.92. The van der Waals surface area contributed by atoms with Gasteiger partial charge in [-0.05, 0) is 48.9 Å². The van der Waals surface area contributed by atoms with Gasteiger partial charge in [-0.2, -0.15) is 5.26 Å². The van der Waals surface area contributed by atoms with Gasteiger partial charge in [0, 0.05) is 0 Å². The van der Waals surface area contributed by atoms with Gasteiger partial charge in [0.05, 0.1) is 18.2 Å². The molecule has 1 aliphatic rings. The van der Waals surface area contributed by atoms with E-state index in [1.807, 2.05) is 12.1 Å². The van der Waals surface area contributed by atoms with Gasteiger partial charge in [-0.15, -0.1) is 0 Å². The Morgan fingerprint density at radius 2 is 1.75 bits per heavy atom. The molecule has 1 fully saturated rings. The highest BCUT2D eigenvalue weighted by Gasteiger charge is 2.19. The first-order valence-electron chi connectivity index (χ1n) is 7.94. The van der Waals surface area contributed by atoms with E-state index in [0.29, 0.717) is 5.56 Å². The SMILES string of the molecule is CCC1CCC(CCCOc2ccc(C#N)cc2)CC1. The Kier molecular flexibility index (Phi) is 5.92. The molecular weight excluding hydrogens is 246 g/mol. The summed E-state index contributed by atoms with van der Waals surface area (Å²) in [5.41, 5.74) is 0.685. The van der Waals surface area contributed by atoms with Crippen LogP contribution in [-0.2, 0) is 0 Å². The molecule has 0 N–H and O–H groups in total. The molecule has 2 rings (SSSR count). The molecule has 0 amide bonds. The van der Waals surface area contributed by atoms with Crippen molar-refractivity contribution >= 4 is 0 Å². The summed E-state index contributed by atoms with van der Waals surface area (Å²) in [7, 11) is 0. The Labute approximate surface area is 122 Å². The van der Waals surface area contributed by atoms with Crippen LogP contribution in [0.3, 0.4) is 0 Å². The zero-order valence-corrected chi connectivity index (χ0v) is 12.5. The van der Waals surface area contributed by atoms with Crippen molar-refractivity contribution in [3.63, 3.8) is 0 Å². The summed E-state index contributed by atoms with van der Waals surface area (Å²) >= 11 is 0. The van der Waals surface area contributed by atoms with E-state index in [1.54, 1.807) is 12.1 Å². The highest BCUT2D eigenvalue weighted by molar-refractivity contribution is 5.34. The molecule has 2 nitrogen and oxygen atoms in total. The zero-order chi connectivity index (χ0) is 14.2. The number of ether oxygens (including phenoxy) is 1. The minimum Gasteiger partial charge on any atom is -0.494 e. The van der Waals surface area contributed by atoms with E-state index in [1.165, 1.54) is 38.5 Å². The van der Waals surface area contributed by atoms with E-state index < -0.39 is 0 Å². The van der Waals surface area contributed by atoms with Gasteiger partial charge in [-0.1, -0.05) is 39.0 Å². The molecular formula is C18H25NO. The third kappa shape index (κ3) is 4.56. The number of rotatable bonds is 6. The molecule has 1 aromatic rings. The minimum atomic E-state index is 0.685. The van der Waals surface area contributed by atoms with Crippen LogP contribution in [0.4, 0.5) is 0 Å². The first kappa shape index (κ1) is 14.9. The summed E-state index contributed by atoms with van der Waals surface area (Å²) in [6.07, 6.45) is 9.47. The predicted octanol–water partition coefficient (Wildman–Crippen LogP) is 4.93. The Balaban J connectivity index is 1.60. The molecule has 20 heavy (non-hydrogen) atoms. The molecule has 0 radical (unpaired) electrons. The van der Waals surface area contributed by atoms with Crippen molar-refractivity contribution in [3.05, 3.63) is 29.8 Å². The van der Waals surface area contributed by atoms with E-state index in [4.69, 9.17) is 10.00 Å². The van der Waals surface area contributed by atoms with Crippen molar-refractivity contribution in [2.75, 3.05) is 6.61 Å². The van der Waals surface area contributed by atoms with Gasteiger partial charge in [-0.25, -0.2) is 0 Å². The second kappa shape index (κ2) is 7.94. The Bertz CT molecular complexity index is 424. The maximum absolute atomic E-state index is 8.73. The summed E-state index contributed by atoms with van der Waals surface area (Å²) < 4.78 is 5.73. The average Bonchev–Trinajstić information content (AvgIpc) is 2.53. The van der Waals surface area contributed by atoms with E-state index in [-0.39, 0.29) is 0 Å². The standard InChI is InChI=1S/C18H25NO/c1-2-15-5-7-16(8-6-15)4-3-13-20-18-11-9-17(14-19)10-12-18/h9-12,15-16H,2-8,13H2,1H3. The highest BCUT2D eigenvalue weighted by atomic mass is 16.5. The van der Waals surface area contributed by atoms with Crippen molar-refractivity contribution < 1.29 is 4.74 Å². The molecule has 108 valence electrons. The topological polar surface area (TPSA) is 33.0 Å². The van der Waals surface area contributed by atoms with Crippen molar-refractivity contribution in [2.24, 2.45) is 11.8 Å². The van der Waals surface area contributed by atoms with Gasteiger partial charge in [0.2, 0.25) is 0 Å². The third-order valence-corrected chi connectivity index (χ3v) is 4.55. The summed E-state index contributed by atoms with van der Waals surface area (Å²) in [6, 6.07) is 9.49. The number of hydrogen-bond donors (Lipinski definition) is 0. The van der Waals surface area contributed by atoms with Gasteiger partial charge in [0.25, 0.3) is 0 Å². The molecule has 0 spiro atoms. The Hall–Kier alpha value is -1.49. The van der Waals surface area contributed by atoms with Crippen LogP contribution in [-0.4, -0.2) is 6.61 Å². The van der Waals surface area contributed by atoms with Crippen molar-refractivity contribution in [3.8, 4) is 11.8 Å². The molecule has 2 heteroatoms. The molecule has 0 bridgehead atoms. The van der Waals surface area contributed by atoms with Crippen LogP contribution in [0.15, 0.2) is 24.3 Å². The van der Waals surface area contributed by atoms with E-state index >= 15 is 0 Å². The van der Waals surface area contributed by atoms with Crippen LogP contribution < -0.4 is 4.74 Å². The van der Waals surface area contributed by atoms with Crippen molar-refractivity contribution in [1.29, 1.82) is 5.26 Å². The molecule has 0 heterocycles. The van der Waals surface area contributed by atoms with Crippen LogP contribution >= 0.6 is 0 Å². The smallest absolute Gasteiger partial charge is 0.119 e. The van der Waals surface area contributed by atoms with Gasteiger partial charge < -0.3 is 4.74 Å². The fourth-order valence-electron chi connectivity index (χ4n) is 3.12. The third-order valence-electron chi connectivity index (χ3n) is 4.55. The Morgan fingerprint density at radius 3 is 2.35 bits per heavy atom. The fraction of sp³-hybridized carbons (Fsp3) is 0.611. The summed E-state index contributed by atoms with van der Waals surface area (Å²) in [4.78, 5) is 0. The van der Waals surface area contributed by atoms with Crippen molar-refractivity contribution in [1.82, 2.24) is 0 Å². The monoisotopic (exact) mass is 271 g/mol. The molecule has 0 aromatic heterocycles. The largest absolute Gasteiger partial charge is 0.494 e. The number of hydrogen-bond acceptors (Lipinski definition) is 2. The number of nitrogens with zero attached hydrogens (tertiary/aromatic N) is 1. The second-order valence-corrected chi connectivity index (χ2v) is 5.92. The molecule has 0 unspecified atom stereocenters. The lowest BCUT2D eigenvalue weighted by atomic mass is 9.79. The maximum atomic E-state index is 8.73. The lowest BCUT2D eigenvalue weighted by Gasteiger charge is -2.27. The fourth-order valence-corrected chi connectivity index (χ4v) is 3.12. The van der Waals surface area contributed by atoms with Crippen LogP contribution in [0.25, 0.3) is 0 Å². The summed E-state index contributed by atoms with van der Waals surface area (Å²) in [5, 5.41) is 8.73. The lowest BCUT2D eigenvalue weighted by molar-refractivity contribution is 0.234. The molecule has 0 saturated heterocycles. The zero-order valence-electron chi connectivity index (χ0n) is 12.5. The highest BCUT2D eigenvalue weighted by Crippen LogP contribution is 2.32. The van der Waals surface area contributed by atoms with Gasteiger partial charge >= 0.3 is 0 Å². The minimum absolute atomic E-state index is 0.685. The predicted molar refractivity (Wildman–Crippen MR) is 81.6 cm³/mol.